The van der Waals surface area contributed by atoms with Gasteiger partial charge in [-0.3, -0.25) is 9.78 Å². The van der Waals surface area contributed by atoms with E-state index in [0.29, 0.717) is 17.6 Å². The van der Waals surface area contributed by atoms with Gasteiger partial charge in [0, 0.05) is 12.7 Å². The number of aromatic nitrogens is 3. The summed E-state index contributed by atoms with van der Waals surface area (Å²) >= 11 is 0. The van der Waals surface area contributed by atoms with Crippen LogP contribution in [-0.4, -0.2) is 21.5 Å². The van der Waals surface area contributed by atoms with Gasteiger partial charge in [0.25, 0.3) is 5.56 Å². The van der Waals surface area contributed by atoms with E-state index in [1.54, 1.807) is 0 Å². The van der Waals surface area contributed by atoms with Gasteiger partial charge in [-0.05, 0) is 18.5 Å². The van der Waals surface area contributed by atoms with Crippen molar-refractivity contribution < 1.29 is 0 Å². The van der Waals surface area contributed by atoms with Crippen molar-refractivity contribution >= 4 is 17.0 Å². The molecular formula is C13H21N5O. The highest BCUT2D eigenvalue weighted by molar-refractivity contribution is 5.79. The van der Waals surface area contributed by atoms with Crippen molar-refractivity contribution in [2.24, 2.45) is 0 Å². The second-order valence-corrected chi connectivity index (χ2v) is 4.73. The number of fused-ring (bicyclic) bond motifs is 1. The highest BCUT2D eigenvalue weighted by atomic mass is 16.1. The van der Waals surface area contributed by atoms with Gasteiger partial charge >= 0.3 is 0 Å². The van der Waals surface area contributed by atoms with Crippen LogP contribution in [0, 0.1) is 0 Å². The Morgan fingerprint density at radius 1 is 1.37 bits per heavy atom. The van der Waals surface area contributed by atoms with Crippen LogP contribution in [0.4, 0.5) is 5.95 Å². The Morgan fingerprint density at radius 3 is 3.00 bits per heavy atom. The smallest absolute Gasteiger partial charge is 0.262 e. The van der Waals surface area contributed by atoms with E-state index in [2.05, 4.69) is 27.2 Å². The summed E-state index contributed by atoms with van der Waals surface area (Å²) < 4.78 is 0. The minimum atomic E-state index is -0.188. The molecule has 0 unspecified atom stereocenters. The summed E-state index contributed by atoms with van der Waals surface area (Å²) in [6.45, 7) is 3.83. The van der Waals surface area contributed by atoms with Gasteiger partial charge in [-0.25, -0.2) is 0 Å². The number of nitrogens with two attached hydrogens (primary N) is 1. The van der Waals surface area contributed by atoms with Gasteiger partial charge in [0.2, 0.25) is 5.95 Å². The van der Waals surface area contributed by atoms with Crippen molar-refractivity contribution in [1.29, 1.82) is 0 Å². The van der Waals surface area contributed by atoms with Crippen molar-refractivity contribution in [2.45, 2.75) is 39.2 Å². The van der Waals surface area contributed by atoms with Gasteiger partial charge < -0.3 is 16.0 Å². The molecule has 19 heavy (non-hydrogen) atoms. The summed E-state index contributed by atoms with van der Waals surface area (Å²) in [4.78, 5) is 21.4. The molecule has 2 aromatic heterocycles. The third-order valence-electron chi connectivity index (χ3n) is 3.16. The number of unbranched alkanes of at least 4 members (excludes halogenated alkanes) is 3. The Labute approximate surface area is 111 Å². The summed E-state index contributed by atoms with van der Waals surface area (Å²) in [5, 5.41) is 3.94. The number of hydrogen-bond acceptors (Lipinski definition) is 4. The van der Waals surface area contributed by atoms with Crippen LogP contribution >= 0.6 is 0 Å². The quantitative estimate of drug-likeness (QED) is 0.569. The number of aromatic amines is 2. The zero-order valence-corrected chi connectivity index (χ0v) is 11.3. The van der Waals surface area contributed by atoms with Crippen LogP contribution in [0.3, 0.4) is 0 Å². The SMILES string of the molecule is CCCCCCNCc1c[nH]c2nc(N)[nH]c(=O)c12. The van der Waals surface area contributed by atoms with E-state index in [0.717, 1.165) is 18.5 Å². The Hall–Kier alpha value is -1.82. The molecule has 0 bridgehead atoms. The Kier molecular flexibility index (Phi) is 4.57. The minimum Gasteiger partial charge on any atom is -0.369 e. The van der Waals surface area contributed by atoms with Crippen LogP contribution in [0.25, 0.3) is 11.0 Å². The van der Waals surface area contributed by atoms with E-state index in [9.17, 15) is 4.79 Å². The first kappa shape index (κ1) is 13.6. The van der Waals surface area contributed by atoms with E-state index in [1.165, 1.54) is 19.3 Å². The third kappa shape index (κ3) is 3.35. The predicted octanol–water partition coefficient (Wildman–Crippen LogP) is 1.50. The maximum atomic E-state index is 11.8. The normalized spacial score (nSPS) is 11.2. The van der Waals surface area contributed by atoms with Crippen LogP contribution in [-0.2, 0) is 6.54 Å². The maximum absolute atomic E-state index is 11.8. The molecule has 0 atom stereocenters. The molecule has 2 rings (SSSR count). The highest BCUT2D eigenvalue weighted by Crippen LogP contribution is 2.12. The molecule has 0 amide bonds. The summed E-state index contributed by atoms with van der Waals surface area (Å²) in [6, 6.07) is 0. The standard InChI is InChI=1S/C13H21N5O/c1-2-3-4-5-6-15-7-9-8-16-11-10(9)12(19)18-13(14)17-11/h8,15H,2-7H2,1H3,(H4,14,16,17,18,19). The topological polar surface area (TPSA) is 99.6 Å². The largest absolute Gasteiger partial charge is 0.369 e. The molecule has 2 aromatic rings. The summed E-state index contributed by atoms with van der Waals surface area (Å²) in [6.07, 6.45) is 6.74. The van der Waals surface area contributed by atoms with Crippen LogP contribution in [0.2, 0.25) is 0 Å². The fourth-order valence-electron chi connectivity index (χ4n) is 2.16. The summed E-state index contributed by atoms with van der Waals surface area (Å²) in [5.74, 6) is 0.137. The number of nitrogen functional groups attached to an aromatic ring is 1. The lowest BCUT2D eigenvalue weighted by Crippen LogP contribution is -2.17. The molecule has 5 N–H and O–H groups in total. The lowest BCUT2D eigenvalue weighted by atomic mass is 10.2. The number of anilines is 1. The highest BCUT2D eigenvalue weighted by Gasteiger charge is 2.09. The van der Waals surface area contributed by atoms with Crippen molar-refractivity contribution in [3.05, 3.63) is 22.1 Å². The monoisotopic (exact) mass is 263 g/mol. The predicted molar refractivity (Wildman–Crippen MR) is 77.0 cm³/mol. The average molecular weight is 263 g/mol. The number of H-pyrrole nitrogens is 2. The fourth-order valence-corrected chi connectivity index (χ4v) is 2.16. The second kappa shape index (κ2) is 6.38. The molecular weight excluding hydrogens is 242 g/mol. The van der Waals surface area contributed by atoms with Gasteiger partial charge in [-0.1, -0.05) is 26.2 Å². The van der Waals surface area contributed by atoms with Crippen LogP contribution < -0.4 is 16.6 Å². The number of nitrogens with zero attached hydrogens (tertiary/aromatic N) is 1. The zero-order valence-electron chi connectivity index (χ0n) is 11.3. The molecule has 0 aliphatic carbocycles. The van der Waals surface area contributed by atoms with Crippen molar-refractivity contribution in [3.63, 3.8) is 0 Å². The van der Waals surface area contributed by atoms with Crippen LogP contribution in [0.5, 0.6) is 0 Å². The molecule has 104 valence electrons. The fraction of sp³-hybridized carbons (Fsp3) is 0.538. The number of hydrogen-bond donors (Lipinski definition) is 4. The molecule has 0 aromatic carbocycles. The second-order valence-electron chi connectivity index (χ2n) is 4.73. The van der Waals surface area contributed by atoms with Crippen LogP contribution in [0.15, 0.2) is 11.0 Å². The van der Waals surface area contributed by atoms with E-state index < -0.39 is 0 Å². The van der Waals surface area contributed by atoms with E-state index >= 15 is 0 Å². The first-order valence-corrected chi connectivity index (χ1v) is 6.79. The lowest BCUT2D eigenvalue weighted by Gasteiger charge is -2.03. The zero-order chi connectivity index (χ0) is 13.7. The maximum Gasteiger partial charge on any atom is 0.262 e. The first-order valence-electron chi connectivity index (χ1n) is 6.79. The van der Waals surface area contributed by atoms with E-state index in [-0.39, 0.29) is 11.5 Å². The third-order valence-corrected chi connectivity index (χ3v) is 3.16. The first-order chi connectivity index (χ1) is 9.22. The molecule has 0 fully saturated rings. The van der Waals surface area contributed by atoms with Crippen LogP contribution in [0.1, 0.15) is 38.2 Å². The molecule has 0 saturated carbocycles. The molecule has 6 nitrogen and oxygen atoms in total. The van der Waals surface area contributed by atoms with Gasteiger partial charge in [0.1, 0.15) is 5.65 Å². The van der Waals surface area contributed by atoms with E-state index in [4.69, 9.17) is 5.73 Å². The van der Waals surface area contributed by atoms with Crippen molar-refractivity contribution in [3.8, 4) is 0 Å². The van der Waals surface area contributed by atoms with Gasteiger partial charge in [-0.15, -0.1) is 0 Å². The summed E-state index contributed by atoms with van der Waals surface area (Å²) in [5.41, 5.74) is 6.79. The molecule has 0 aliphatic rings. The van der Waals surface area contributed by atoms with Gasteiger partial charge in [0.05, 0.1) is 5.39 Å². The van der Waals surface area contributed by atoms with Gasteiger partial charge in [-0.2, -0.15) is 4.98 Å². The molecule has 0 saturated heterocycles. The Morgan fingerprint density at radius 2 is 2.21 bits per heavy atom. The molecule has 2 heterocycles. The summed E-state index contributed by atoms with van der Waals surface area (Å²) in [7, 11) is 0. The Balaban J connectivity index is 1.96. The van der Waals surface area contributed by atoms with Gasteiger partial charge in [0.15, 0.2) is 0 Å². The van der Waals surface area contributed by atoms with Crippen molar-refractivity contribution in [1.82, 2.24) is 20.3 Å². The van der Waals surface area contributed by atoms with Crippen molar-refractivity contribution in [2.75, 3.05) is 12.3 Å². The molecule has 0 aliphatic heterocycles. The molecule has 0 spiro atoms. The molecule has 0 radical (unpaired) electrons. The number of nitrogens with one attached hydrogen (secondary N) is 3. The Bertz CT molecular complexity index is 586. The lowest BCUT2D eigenvalue weighted by molar-refractivity contribution is 0.599. The number of rotatable bonds is 7. The average Bonchev–Trinajstić information content (AvgIpc) is 2.77. The molecule has 6 heteroatoms. The van der Waals surface area contributed by atoms with E-state index in [1.807, 2.05) is 6.20 Å². The minimum absolute atomic E-state index is 0.137.